The summed E-state index contributed by atoms with van der Waals surface area (Å²) in [4.78, 5) is 51.2. The first-order valence-electron chi connectivity index (χ1n) is 10.1. The quantitative estimate of drug-likeness (QED) is 0.599. The summed E-state index contributed by atoms with van der Waals surface area (Å²) in [5.41, 5.74) is 4.38. The molecule has 10 heteroatoms. The maximum atomic E-state index is 14.0. The minimum absolute atomic E-state index is 0.0106. The van der Waals surface area contributed by atoms with Crippen LogP contribution in [-0.4, -0.2) is 34.0 Å². The molecule has 32 heavy (non-hydrogen) atoms. The molecule has 1 atom stereocenters. The van der Waals surface area contributed by atoms with E-state index in [9.17, 15) is 23.6 Å². The fraction of sp³-hybridized carbons (Fsp3) is 0.227. The van der Waals surface area contributed by atoms with E-state index in [-0.39, 0.29) is 42.4 Å². The lowest BCUT2D eigenvalue weighted by molar-refractivity contribution is -0.126. The Morgan fingerprint density at radius 1 is 1.06 bits per heavy atom. The van der Waals surface area contributed by atoms with E-state index >= 15 is 0 Å². The van der Waals surface area contributed by atoms with E-state index in [1.54, 1.807) is 37.3 Å². The van der Waals surface area contributed by atoms with Crippen LogP contribution in [0.15, 0.2) is 53.3 Å². The number of rotatable bonds is 4. The third-order valence-electron chi connectivity index (χ3n) is 5.32. The van der Waals surface area contributed by atoms with Crippen LogP contribution in [0.1, 0.15) is 23.8 Å². The molecule has 2 heterocycles. The first kappa shape index (κ1) is 21.2. The van der Waals surface area contributed by atoms with Crippen LogP contribution in [-0.2, 0) is 16.1 Å². The Kier molecular flexibility index (Phi) is 5.67. The standard InChI is InChI=1S/C22H20FN5O4/c1-2-28-22(32)15-8-4-3-7-14(15)19(26-28)21(31)25-24-20(30)13-11-18(29)27(12-13)17-10-6-5-9-16(17)23/h3-10,13H,2,11-12H2,1H3,(H,24,30)(H,25,31). The van der Waals surface area contributed by atoms with E-state index in [0.29, 0.717) is 10.8 Å². The minimum atomic E-state index is -0.767. The third-order valence-corrected chi connectivity index (χ3v) is 5.32. The molecule has 0 bridgehead atoms. The summed E-state index contributed by atoms with van der Waals surface area (Å²) < 4.78 is 15.2. The molecule has 1 aromatic heterocycles. The summed E-state index contributed by atoms with van der Waals surface area (Å²) in [6, 6.07) is 12.4. The van der Waals surface area contributed by atoms with E-state index in [1.165, 1.54) is 27.8 Å². The Labute approximate surface area is 181 Å². The highest BCUT2D eigenvalue weighted by atomic mass is 19.1. The lowest BCUT2D eigenvalue weighted by atomic mass is 10.1. The summed E-state index contributed by atoms with van der Waals surface area (Å²) in [6.45, 7) is 1.99. The largest absolute Gasteiger partial charge is 0.309 e. The van der Waals surface area contributed by atoms with Crippen molar-refractivity contribution in [1.82, 2.24) is 20.6 Å². The number of hydrogen-bond acceptors (Lipinski definition) is 5. The molecule has 0 spiro atoms. The van der Waals surface area contributed by atoms with Crippen LogP contribution in [0.4, 0.5) is 10.1 Å². The van der Waals surface area contributed by atoms with Gasteiger partial charge in [0.2, 0.25) is 11.8 Å². The van der Waals surface area contributed by atoms with Crippen molar-refractivity contribution in [3.63, 3.8) is 0 Å². The van der Waals surface area contributed by atoms with Gasteiger partial charge in [-0.3, -0.25) is 30.0 Å². The molecule has 0 saturated carbocycles. The number of anilines is 1. The van der Waals surface area contributed by atoms with Gasteiger partial charge in [0, 0.05) is 24.9 Å². The monoisotopic (exact) mass is 437 g/mol. The molecule has 1 aliphatic heterocycles. The smallest absolute Gasteiger partial charge is 0.290 e. The van der Waals surface area contributed by atoms with Gasteiger partial charge < -0.3 is 4.90 Å². The Hall–Kier alpha value is -4.08. The number of halogens is 1. The number of amides is 3. The van der Waals surface area contributed by atoms with Crippen LogP contribution in [0, 0.1) is 11.7 Å². The molecule has 9 nitrogen and oxygen atoms in total. The van der Waals surface area contributed by atoms with Crippen LogP contribution in [0.2, 0.25) is 0 Å². The summed E-state index contributed by atoms with van der Waals surface area (Å²) in [7, 11) is 0. The number of aromatic nitrogens is 2. The molecule has 2 N–H and O–H groups in total. The average Bonchev–Trinajstić information content (AvgIpc) is 3.19. The van der Waals surface area contributed by atoms with Crippen molar-refractivity contribution in [2.45, 2.75) is 19.9 Å². The molecule has 1 aliphatic rings. The van der Waals surface area contributed by atoms with Gasteiger partial charge in [0.15, 0.2) is 5.69 Å². The first-order chi connectivity index (χ1) is 15.4. The SMILES string of the molecule is CCn1nc(C(=O)NNC(=O)C2CC(=O)N(c3ccccc3F)C2)c2ccccc2c1=O. The van der Waals surface area contributed by atoms with Crippen LogP contribution in [0.3, 0.4) is 0 Å². The van der Waals surface area contributed by atoms with Crippen molar-refractivity contribution in [1.29, 1.82) is 0 Å². The van der Waals surface area contributed by atoms with Crippen LogP contribution in [0.25, 0.3) is 10.8 Å². The second kappa shape index (κ2) is 8.58. The van der Waals surface area contributed by atoms with Gasteiger partial charge >= 0.3 is 0 Å². The summed E-state index contributed by atoms with van der Waals surface area (Å²) in [5, 5.41) is 4.80. The Bertz CT molecular complexity index is 1290. The number of carbonyl (C=O) groups excluding carboxylic acids is 3. The van der Waals surface area contributed by atoms with Gasteiger partial charge in [0.05, 0.1) is 17.0 Å². The van der Waals surface area contributed by atoms with Crippen molar-refractivity contribution in [3.05, 3.63) is 70.4 Å². The number of para-hydroxylation sites is 1. The zero-order chi connectivity index (χ0) is 22.8. The van der Waals surface area contributed by atoms with E-state index < -0.39 is 23.5 Å². The van der Waals surface area contributed by atoms with E-state index in [4.69, 9.17) is 0 Å². The fourth-order valence-corrected chi connectivity index (χ4v) is 3.68. The Morgan fingerprint density at radius 3 is 2.47 bits per heavy atom. The molecule has 164 valence electrons. The van der Waals surface area contributed by atoms with Gasteiger partial charge in [0.25, 0.3) is 11.5 Å². The molecule has 1 saturated heterocycles. The lowest BCUT2D eigenvalue weighted by Gasteiger charge is -2.17. The molecular formula is C22H20FN5O4. The first-order valence-corrected chi connectivity index (χ1v) is 10.1. The number of hydrazine groups is 1. The topological polar surface area (TPSA) is 113 Å². The van der Waals surface area contributed by atoms with E-state index in [0.717, 1.165) is 0 Å². The Balaban J connectivity index is 1.48. The molecule has 4 rings (SSSR count). The second-order valence-electron chi connectivity index (χ2n) is 7.32. The molecule has 3 amide bonds. The predicted molar refractivity (Wildman–Crippen MR) is 114 cm³/mol. The van der Waals surface area contributed by atoms with Gasteiger partial charge in [-0.15, -0.1) is 0 Å². The Morgan fingerprint density at radius 2 is 1.75 bits per heavy atom. The van der Waals surface area contributed by atoms with Gasteiger partial charge in [-0.25, -0.2) is 9.07 Å². The number of carbonyl (C=O) groups is 3. The molecule has 2 aromatic carbocycles. The second-order valence-corrected chi connectivity index (χ2v) is 7.32. The van der Waals surface area contributed by atoms with Crippen molar-refractivity contribution >= 4 is 34.2 Å². The van der Waals surface area contributed by atoms with Gasteiger partial charge in [-0.1, -0.05) is 30.3 Å². The van der Waals surface area contributed by atoms with Crippen LogP contribution >= 0.6 is 0 Å². The van der Waals surface area contributed by atoms with Crippen molar-refractivity contribution < 1.29 is 18.8 Å². The van der Waals surface area contributed by atoms with E-state index in [1.807, 2.05) is 0 Å². The van der Waals surface area contributed by atoms with E-state index in [2.05, 4.69) is 16.0 Å². The molecule has 1 fully saturated rings. The van der Waals surface area contributed by atoms with Crippen molar-refractivity contribution in [2.75, 3.05) is 11.4 Å². The normalized spacial score (nSPS) is 15.8. The number of aryl methyl sites for hydroxylation is 1. The molecule has 0 aliphatic carbocycles. The van der Waals surface area contributed by atoms with Crippen molar-refractivity contribution in [3.8, 4) is 0 Å². The highest BCUT2D eigenvalue weighted by Crippen LogP contribution is 2.27. The maximum Gasteiger partial charge on any atom is 0.290 e. The third kappa shape index (κ3) is 3.82. The summed E-state index contributed by atoms with van der Waals surface area (Å²) in [6.07, 6.45) is -0.113. The summed E-state index contributed by atoms with van der Waals surface area (Å²) >= 11 is 0. The van der Waals surface area contributed by atoms with Gasteiger partial charge in [-0.05, 0) is 25.1 Å². The number of nitrogens with zero attached hydrogens (tertiary/aromatic N) is 3. The molecular weight excluding hydrogens is 417 g/mol. The number of benzene rings is 2. The zero-order valence-electron chi connectivity index (χ0n) is 17.2. The number of nitrogens with one attached hydrogen (secondary N) is 2. The lowest BCUT2D eigenvalue weighted by Crippen LogP contribution is -2.46. The highest BCUT2D eigenvalue weighted by molar-refractivity contribution is 6.06. The van der Waals surface area contributed by atoms with Crippen LogP contribution in [0.5, 0.6) is 0 Å². The predicted octanol–water partition coefficient (Wildman–Crippen LogP) is 1.37. The molecule has 1 unspecified atom stereocenters. The fourth-order valence-electron chi connectivity index (χ4n) is 3.68. The number of hydrogen-bond donors (Lipinski definition) is 2. The van der Waals surface area contributed by atoms with Gasteiger partial charge in [-0.2, -0.15) is 5.10 Å². The van der Waals surface area contributed by atoms with Crippen LogP contribution < -0.4 is 21.3 Å². The minimum Gasteiger partial charge on any atom is -0.309 e. The molecule has 0 radical (unpaired) electrons. The van der Waals surface area contributed by atoms with Gasteiger partial charge in [0.1, 0.15) is 5.82 Å². The van der Waals surface area contributed by atoms with Crippen molar-refractivity contribution in [2.24, 2.45) is 5.92 Å². The maximum absolute atomic E-state index is 14.0. The summed E-state index contributed by atoms with van der Waals surface area (Å²) in [5.74, 6) is -2.99. The number of fused-ring (bicyclic) bond motifs is 1. The zero-order valence-corrected chi connectivity index (χ0v) is 17.2. The molecule has 3 aromatic rings. The average molecular weight is 437 g/mol. The highest BCUT2D eigenvalue weighted by Gasteiger charge is 2.36.